The maximum atomic E-state index is 15.4. The van der Waals surface area contributed by atoms with Gasteiger partial charge in [0.2, 0.25) is 11.8 Å². The SMILES string of the molecule is COc1ccc([Si](C)(C)[C@H]2[C@H](CC(=O)N(CCO)Cc3ccccc3)O[C@@]3(C(=O)N(Cc4ccc(N5C(=O)CCc6ccccc65)cc4)c4ccc([N+](=O)[O-])cc43)[C@@H]2C)cc1. The lowest BCUT2D eigenvalue weighted by Crippen LogP contribution is -2.52. The van der Waals surface area contributed by atoms with E-state index in [0.29, 0.717) is 29.8 Å². The summed E-state index contributed by atoms with van der Waals surface area (Å²) in [5, 5.41) is 23.5. The monoisotopic (exact) mass is 838 g/mol. The molecule has 0 bridgehead atoms. The van der Waals surface area contributed by atoms with Crippen LogP contribution in [0.1, 0.15) is 42.0 Å². The van der Waals surface area contributed by atoms with Crippen LogP contribution in [-0.2, 0) is 44.2 Å². The van der Waals surface area contributed by atoms with Gasteiger partial charge in [0, 0.05) is 48.8 Å². The molecule has 13 heteroatoms. The van der Waals surface area contributed by atoms with E-state index in [0.717, 1.165) is 33.3 Å². The van der Waals surface area contributed by atoms with E-state index in [1.165, 1.54) is 12.1 Å². The molecular weight excluding hydrogens is 789 g/mol. The predicted molar refractivity (Wildman–Crippen MR) is 236 cm³/mol. The van der Waals surface area contributed by atoms with Gasteiger partial charge in [-0.05, 0) is 65.1 Å². The molecule has 12 nitrogen and oxygen atoms in total. The van der Waals surface area contributed by atoms with Crippen molar-refractivity contribution in [1.29, 1.82) is 0 Å². The first kappa shape index (κ1) is 41.6. The smallest absolute Gasteiger partial charge is 0.269 e. The fourth-order valence-corrected chi connectivity index (χ4v) is 13.9. The first-order chi connectivity index (χ1) is 29.4. The Morgan fingerprint density at radius 3 is 2.31 bits per heavy atom. The van der Waals surface area contributed by atoms with Crippen LogP contribution >= 0.6 is 0 Å². The molecule has 1 spiro atoms. The van der Waals surface area contributed by atoms with E-state index < -0.39 is 30.6 Å². The molecule has 1 fully saturated rings. The lowest BCUT2D eigenvalue weighted by atomic mass is 9.82. The molecule has 0 radical (unpaired) electrons. The Morgan fingerprint density at radius 2 is 1.62 bits per heavy atom. The number of hydrogen-bond donors (Lipinski definition) is 1. The number of non-ortho nitro benzene ring substituents is 1. The lowest BCUT2D eigenvalue weighted by molar-refractivity contribution is -0.385. The van der Waals surface area contributed by atoms with Crippen molar-refractivity contribution in [2.75, 3.05) is 30.1 Å². The molecule has 3 heterocycles. The molecule has 1 saturated heterocycles. The molecule has 0 unspecified atom stereocenters. The van der Waals surface area contributed by atoms with Crippen LogP contribution in [0, 0.1) is 16.0 Å². The minimum absolute atomic E-state index is 0.00857. The summed E-state index contributed by atoms with van der Waals surface area (Å²) < 4.78 is 12.6. The van der Waals surface area contributed by atoms with Crippen LogP contribution in [0.4, 0.5) is 22.7 Å². The summed E-state index contributed by atoms with van der Waals surface area (Å²) in [6.07, 6.45) is 0.282. The zero-order valence-corrected chi connectivity index (χ0v) is 35.8. The number of rotatable bonds is 13. The minimum atomic E-state index is -2.67. The molecule has 8 rings (SSSR count). The van der Waals surface area contributed by atoms with Gasteiger partial charge in [0.05, 0.1) is 57.2 Å². The van der Waals surface area contributed by atoms with Gasteiger partial charge in [0.1, 0.15) is 5.75 Å². The predicted octanol–water partition coefficient (Wildman–Crippen LogP) is 7.39. The van der Waals surface area contributed by atoms with E-state index >= 15 is 4.79 Å². The van der Waals surface area contributed by atoms with Crippen LogP contribution in [0.5, 0.6) is 5.75 Å². The van der Waals surface area contributed by atoms with Crippen molar-refractivity contribution in [3.63, 3.8) is 0 Å². The third kappa shape index (κ3) is 7.51. The molecule has 0 aromatic heterocycles. The number of anilines is 3. The Balaban J connectivity index is 1.17. The van der Waals surface area contributed by atoms with Crippen LogP contribution in [0.2, 0.25) is 18.6 Å². The molecule has 4 atom stereocenters. The maximum Gasteiger partial charge on any atom is 0.269 e. The molecule has 0 aliphatic carbocycles. The minimum Gasteiger partial charge on any atom is -0.497 e. The van der Waals surface area contributed by atoms with Crippen molar-refractivity contribution in [2.24, 2.45) is 5.92 Å². The number of aliphatic hydroxyl groups excluding tert-OH is 1. The highest BCUT2D eigenvalue weighted by atomic mass is 28.3. The van der Waals surface area contributed by atoms with Crippen LogP contribution < -0.4 is 19.7 Å². The number of carbonyl (C=O) groups excluding carboxylic acids is 3. The molecule has 5 aromatic carbocycles. The standard InChI is InChI=1S/C48H50N4O8Si/c1-32-46(61(3,4)39-22-20-38(59-2)21-23-39)43(29-45(55)49(26-27-53)30-33-10-6-5-7-11-33)60-48(32)40-28-37(52(57)58)19-24-42(40)50(47(48)56)31-34-14-17-36(18-15-34)51-41-13-9-8-12-35(41)16-25-44(51)54/h5-15,17-24,28,32,43,46,53H,16,25-27,29-31H2,1-4H3/t32-,43+,46-,48+/m1/s1. The second-order valence-electron chi connectivity index (χ2n) is 16.8. The van der Waals surface area contributed by atoms with Gasteiger partial charge >= 0.3 is 0 Å². The summed E-state index contributed by atoms with van der Waals surface area (Å²) in [5.41, 5.74) is 3.18. The lowest BCUT2D eigenvalue weighted by Gasteiger charge is -2.37. The first-order valence-electron chi connectivity index (χ1n) is 20.7. The number of aliphatic hydroxyl groups is 1. The molecule has 3 aliphatic rings. The van der Waals surface area contributed by atoms with Crippen molar-refractivity contribution in [3.8, 4) is 5.75 Å². The third-order valence-electron chi connectivity index (χ3n) is 13.0. The maximum absolute atomic E-state index is 15.4. The molecule has 3 amide bonds. The fourth-order valence-electron chi connectivity index (χ4n) is 9.93. The zero-order chi connectivity index (χ0) is 43.1. The summed E-state index contributed by atoms with van der Waals surface area (Å²) in [6.45, 7) is 6.72. The van der Waals surface area contributed by atoms with Crippen molar-refractivity contribution >= 4 is 53.7 Å². The van der Waals surface area contributed by atoms with Gasteiger partial charge in [-0.25, -0.2) is 0 Å². The Bertz CT molecular complexity index is 2460. The number of methoxy groups -OCH3 is 1. The molecule has 3 aliphatic heterocycles. The number of nitro benzene ring substituents is 1. The van der Waals surface area contributed by atoms with Gasteiger partial charge in [-0.2, -0.15) is 0 Å². The summed E-state index contributed by atoms with van der Waals surface area (Å²) >= 11 is 0. The summed E-state index contributed by atoms with van der Waals surface area (Å²) in [6, 6.07) is 37.4. The Labute approximate surface area is 356 Å². The van der Waals surface area contributed by atoms with E-state index in [2.05, 4.69) is 13.1 Å². The highest BCUT2D eigenvalue weighted by Crippen LogP contribution is 2.60. The van der Waals surface area contributed by atoms with Crippen LogP contribution in [0.15, 0.2) is 121 Å². The molecular formula is C48H50N4O8Si. The number of amides is 3. The fraction of sp³-hybridized carbons (Fsp3) is 0.312. The number of carbonyl (C=O) groups is 3. The number of nitrogens with zero attached hydrogens (tertiary/aromatic N) is 4. The second kappa shape index (κ2) is 16.7. The van der Waals surface area contributed by atoms with Crippen LogP contribution in [0.3, 0.4) is 0 Å². The average Bonchev–Trinajstić information content (AvgIpc) is 3.69. The van der Waals surface area contributed by atoms with E-state index in [9.17, 15) is 24.8 Å². The largest absolute Gasteiger partial charge is 0.497 e. The van der Waals surface area contributed by atoms with Gasteiger partial charge < -0.3 is 24.4 Å². The molecule has 314 valence electrons. The Morgan fingerprint density at radius 1 is 0.918 bits per heavy atom. The topological polar surface area (TPSA) is 143 Å². The molecule has 61 heavy (non-hydrogen) atoms. The number of hydrogen-bond acceptors (Lipinski definition) is 8. The van der Waals surface area contributed by atoms with Crippen LogP contribution in [0.25, 0.3) is 0 Å². The number of benzene rings is 5. The first-order valence-corrected chi connectivity index (χ1v) is 23.8. The Hall–Kier alpha value is -6.15. The zero-order valence-electron chi connectivity index (χ0n) is 34.8. The quantitative estimate of drug-likeness (QED) is 0.0736. The van der Waals surface area contributed by atoms with E-state index in [-0.39, 0.29) is 61.6 Å². The molecule has 1 N–H and O–H groups in total. The van der Waals surface area contributed by atoms with Gasteiger partial charge in [0.25, 0.3) is 11.6 Å². The van der Waals surface area contributed by atoms with Crippen molar-refractivity contribution in [2.45, 2.75) is 69.6 Å². The van der Waals surface area contributed by atoms with E-state index in [4.69, 9.17) is 9.47 Å². The Kier molecular flexibility index (Phi) is 11.4. The number of aryl methyl sites for hydroxylation is 1. The van der Waals surface area contributed by atoms with Gasteiger partial charge in [-0.15, -0.1) is 0 Å². The third-order valence-corrected chi connectivity index (χ3v) is 17.3. The van der Waals surface area contributed by atoms with Crippen LogP contribution in [-0.4, -0.2) is 67.1 Å². The summed E-state index contributed by atoms with van der Waals surface area (Å²) in [7, 11) is -1.06. The highest BCUT2D eigenvalue weighted by Gasteiger charge is 2.67. The van der Waals surface area contributed by atoms with Crippen molar-refractivity contribution in [1.82, 2.24) is 4.90 Å². The van der Waals surface area contributed by atoms with Crippen molar-refractivity contribution in [3.05, 3.63) is 154 Å². The second-order valence-corrected chi connectivity index (χ2v) is 21.4. The number of nitro groups is 1. The van der Waals surface area contributed by atoms with Gasteiger partial charge in [-0.3, -0.25) is 29.4 Å². The van der Waals surface area contributed by atoms with Gasteiger partial charge in [0.15, 0.2) is 5.60 Å². The number of fused-ring (bicyclic) bond motifs is 3. The van der Waals surface area contributed by atoms with Crippen molar-refractivity contribution < 1.29 is 33.9 Å². The summed E-state index contributed by atoms with van der Waals surface area (Å²) in [5.74, 6) is -0.380. The average molecular weight is 839 g/mol. The molecule has 0 saturated carbocycles. The number of ether oxygens (including phenoxy) is 2. The summed E-state index contributed by atoms with van der Waals surface area (Å²) in [4.78, 5) is 59.9. The number of para-hydroxylation sites is 1. The van der Waals surface area contributed by atoms with E-state index in [1.54, 1.807) is 27.9 Å². The van der Waals surface area contributed by atoms with Gasteiger partial charge in [-0.1, -0.05) is 98.0 Å². The normalized spacial score (nSPS) is 20.8. The highest BCUT2D eigenvalue weighted by molar-refractivity contribution is 6.91. The van der Waals surface area contributed by atoms with E-state index in [1.807, 2.05) is 110 Å². The molecule has 5 aromatic rings.